The van der Waals surface area contributed by atoms with Gasteiger partial charge >= 0.3 is 0 Å². The van der Waals surface area contributed by atoms with Crippen LogP contribution in [0.5, 0.6) is 0 Å². The van der Waals surface area contributed by atoms with E-state index >= 15 is 0 Å². The summed E-state index contributed by atoms with van der Waals surface area (Å²) in [6.45, 7) is 4.89. The molecular weight excluding hydrogens is 162 g/mol. The molecule has 0 aromatic rings. The molecule has 3 heteroatoms. The van der Waals surface area contributed by atoms with E-state index in [-0.39, 0.29) is 6.04 Å². The molecule has 1 atom stereocenters. The first-order chi connectivity index (χ1) is 6.22. The van der Waals surface area contributed by atoms with E-state index in [1.807, 2.05) is 18.0 Å². The number of rotatable bonds is 2. The normalized spacial score (nSPS) is 22.5. The van der Waals surface area contributed by atoms with E-state index in [0.29, 0.717) is 12.1 Å². The van der Waals surface area contributed by atoms with Crippen molar-refractivity contribution in [2.45, 2.75) is 32.7 Å². The van der Waals surface area contributed by atoms with Gasteiger partial charge in [-0.1, -0.05) is 6.92 Å². The zero-order valence-electron chi connectivity index (χ0n) is 8.17. The lowest BCUT2D eigenvalue weighted by Gasteiger charge is -2.30. The topological polar surface area (TPSA) is 50.9 Å². The Labute approximate surface area is 79.2 Å². The number of allylic oxidation sites excluding steroid dienone is 1. The van der Waals surface area contributed by atoms with Crippen molar-refractivity contribution in [1.29, 1.82) is 10.7 Å². The molecule has 1 unspecified atom stereocenters. The lowest BCUT2D eigenvalue weighted by molar-refractivity contribution is 0.383. The third kappa shape index (κ3) is 1.89. The second-order valence-corrected chi connectivity index (χ2v) is 3.20. The third-order valence-corrected chi connectivity index (χ3v) is 2.37. The molecule has 0 radical (unpaired) electrons. The van der Waals surface area contributed by atoms with Gasteiger partial charge in [0, 0.05) is 24.9 Å². The van der Waals surface area contributed by atoms with Crippen molar-refractivity contribution >= 4 is 5.71 Å². The van der Waals surface area contributed by atoms with E-state index in [2.05, 4.69) is 13.0 Å². The van der Waals surface area contributed by atoms with Gasteiger partial charge in [-0.3, -0.25) is 0 Å². The van der Waals surface area contributed by atoms with Crippen molar-refractivity contribution in [3.8, 4) is 6.07 Å². The molecule has 0 bridgehead atoms. The highest BCUT2D eigenvalue weighted by molar-refractivity contribution is 5.92. The Bertz CT molecular complexity index is 272. The van der Waals surface area contributed by atoms with E-state index in [4.69, 9.17) is 10.7 Å². The van der Waals surface area contributed by atoms with Gasteiger partial charge in [0.25, 0.3) is 0 Å². The minimum Gasteiger partial charge on any atom is -0.358 e. The van der Waals surface area contributed by atoms with Crippen LogP contribution in [0.1, 0.15) is 26.7 Å². The molecule has 0 saturated carbocycles. The van der Waals surface area contributed by atoms with Gasteiger partial charge in [0.15, 0.2) is 6.04 Å². The summed E-state index contributed by atoms with van der Waals surface area (Å²) in [5.41, 5.74) is 1.78. The van der Waals surface area contributed by atoms with Crippen LogP contribution in [0.2, 0.25) is 0 Å². The van der Waals surface area contributed by atoms with Gasteiger partial charge in [-0.25, -0.2) is 0 Å². The van der Waals surface area contributed by atoms with Crippen LogP contribution in [-0.4, -0.2) is 23.2 Å². The Morgan fingerprint density at radius 3 is 2.85 bits per heavy atom. The summed E-state index contributed by atoms with van der Waals surface area (Å²) < 4.78 is 0. The number of nitrogens with zero attached hydrogens (tertiary/aromatic N) is 2. The summed E-state index contributed by atoms with van der Waals surface area (Å²) in [6.07, 6.45) is 3.67. The van der Waals surface area contributed by atoms with Crippen LogP contribution in [0.15, 0.2) is 11.8 Å². The predicted octanol–water partition coefficient (Wildman–Crippen LogP) is 1.92. The van der Waals surface area contributed by atoms with Crippen molar-refractivity contribution < 1.29 is 0 Å². The van der Waals surface area contributed by atoms with Gasteiger partial charge < -0.3 is 10.3 Å². The quantitative estimate of drug-likeness (QED) is 0.700. The molecule has 0 amide bonds. The molecule has 1 heterocycles. The van der Waals surface area contributed by atoms with Gasteiger partial charge in [0.1, 0.15) is 0 Å². The highest BCUT2D eigenvalue weighted by atomic mass is 15.1. The summed E-state index contributed by atoms with van der Waals surface area (Å²) in [6, 6.07) is 1.82. The Balaban J connectivity index is 2.88. The molecule has 0 fully saturated rings. The number of nitrogens with one attached hydrogen (secondary N) is 1. The van der Waals surface area contributed by atoms with Gasteiger partial charge in [-0.05, 0) is 18.9 Å². The van der Waals surface area contributed by atoms with Gasteiger partial charge in [-0.2, -0.15) is 5.26 Å². The van der Waals surface area contributed by atoms with Gasteiger partial charge in [0.2, 0.25) is 0 Å². The molecule has 0 spiro atoms. The third-order valence-electron chi connectivity index (χ3n) is 2.37. The number of nitriles is 1. The van der Waals surface area contributed by atoms with E-state index in [1.165, 1.54) is 5.57 Å². The van der Waals surface area contributed by atoms with E-state index in [9.17, 15) is 0 Å². The fraction of sp³-hybridized carbons (Fsp3) is 0.600. The Morgan fingerprint density at radius 1 is 1.69 bits per heavy atom. The summed E-state index contributed by atoms with van der Waals surface area (Å²) in [7, 11) is 0. The first-order valence-corrected chi connectivity index (χ1v) is 4.65. The first kappa shape index (κ1) is 9.79. The molecule has 1 N–H and O–H groups in total. The van der Waals surface area contributed by atoms with E-state index in [0.717, 1.165) is 13.0 Å². The van der Waals surface area contributed by atoms with Crippen LogP contribution < -0.4 is 0 Å². The summed E-state index contributed by atoms with van der Waals surface area (Å²) in [4.78, 5) is 1.94. The lowest BCUT2D eigenvalue weighted by atomic mass is 9.97. The van der Waals surface area contributed by atoms with Crippen molar-refractivity contribution in [2.24, 2.45) is 0 Å². The highest BCUT2D eigenvalue weighted by Gasteiger charge is 2.24. The maximum Gasteiger partial charge on any atom is 0.155 e. The highest BCUT2D eigenvalue weighted by Crippen LogP contribution is 2.19. The zero-order chi connectivity index (χ0) is 9.84. The molecule has 1 aliphatic heterocycles. The van der Waals surface area contributed by atoms with Crippen molar-refractivity contribution in [3.05, 3.63) is 11.8 Å². The minimum atomic E-state index is -0.333. The number of hydrogen-bond donors (Lipinski definition) is 1. The summed E-state index contributed by atoms with van der Waals surface area (Å²) in [5.74, 6) is 0. The van der Waals surface area contributed by atoms with Crippen molar-refractivity contribution in [1.82, 2.24) is 4.90 Å². The SMILES string of the molecule is CCC1=CN(CC)C(C#N)C(=N)C1. The first-order valence-electron chi connectivity index (χ1n) is 4.65. The molecular formula is C10H15N3. The predicted molar refractivity (Wildman–Crippen MR) is 52.5 cm³/mol. The van der Waals surface area contributed by atoms with E-state index < -0.39 is 0 Å². The number of hydrogen-bond acceptors (Lipinski definition) is 3. The maximum atomic E-state index is 8.86. The maximum absolute atomic E-state index is 8.86. The van der Waals surface area contributed by atoms with Crippen LogP contribution in [-0.2, 0) is 0 Å². The Morgan fingerprint density at radius 2 is 2.38 bits per heavy atom. The van der Waals surface area contributed by atoms with E-state index in [1.54, 1.807) is 0 Å². The van der Waals surface area contributed by atoms with Gasteiger partial charge in [-0.15, -0.1) is 0 Å². The van der Waals surface area contributed by atoms with Gasteiger partial charge in [0.05, 0.1) is 6.07 Å². The zero-order valence-corrected chi connectivity index (χ0v) is 8.17. The van der Waals surface area contributed by atoms with Crippen molar-refractivity contribution in [2.75, 3.05) is 6.54 Å². The molecule has 0 aromatic carbocycles. The second-order valence-electron chi connectivity index (χ2n) is 3.20. The molecule has 0 aromatic heterocycles. The molecule has 13 heavy (non-hydrogen) atoms. The average molecular weight is 177 g/mol. The molecule has 1 aliphatic rings. The average Bonchev–Trinajstić information content (AvgIpc) is 2.16. The van der Waals surface area contributed by atoms with Crippen LogP contribution >= 0.6 is 0 Å². The van der Waals surface area contributed by atoms with Crippen LogP contribution in [0.4, 0.5) is 0 Å². The summed E-state index contributed by atoms with van der Waals surface area (Å²) >= 11 is 0. The van der Waals surface area contributed by atoms with Crippen molar-refractivity contribution in [3.63, 3.8) is 0 Å². The molecule has 1 rings (SSSR count). The van der Waals surface area contributed by atoms with Crippen LogP contribution in [0.3, 0.4) is 0 Å². The van der Waals surface area contributed by atoms with Crippen LogP contribution in [0.25, 0.3) is 0 Å². The fourth-order valence-corrected chi connectivity index (χ4v) is 1.54. The molecule has 0 saturated heterocycles. The Hall–Kier alpha value is -1.30. The molecule has 3 nitrogen and oxygen atoms in total. The smallest absolute Gasteiger partial charge is 0.155 e. The molecule has 0 aliphatic carbocycles. The standard InChI is InChI=1S/C10H15N3/c1-3-8-5-9(12)10(6-11)13(4-2)7-8/h7,10,12H,3-5H2,1-2H3. The second kappa shape index (κ2) is 4.08. The largest absolute Gasteiger partial charge is 0.358 e. The monoisotopic (exact) mass is 177 g/mol. The lowest BCUT2D eigenvalue weighted by Crippen LogP contribution is -2.39. The van der Waals surface area contributed by atoms with Crippen LogP contribution in [0, 0.1) is 16.7 Å². The minimum absolute atomic E-state index is 0.333. The summed E-state index contributed by atoms with van der Waals surface area (Å²) in [5, 5.41) is 16.6. The fourth-order valence-electron chi connectivity index (χ4n) is 1.54. The molecule has 70 valence electrons. The Kier molecular flexibility index (Phi) is 3.07.